The molecule has 1 heterocycles. The van der Waals surface area contributed by atoms with Crippen molar-refractivity contribution in [2.45, 2.75) is 47.5 Å². The van der Waals surface area contributed by atoms with Crippen LogP contribution in [-0.2, 0) is 23.7 Å². The van der Waals surface area contributed by atoms with Crippen molar-refractivity contribution in [3.05, 3.63) is 0 Å². The Hall–Kier alpha value is -1.25. The van der Waals surface area contributed by atoms with E-state index in [0.717, 1.165) is 84.9 Å². The average molecular weight is 531 g/mol. The molecule has 0 aromatic heterocycles. The van der Waals surface area contributed by atoms with E-state index >= 15 is 0 Å². The third kappa shape index (κ3) is 26.2. The summed E-state index contributed by atoms with van der Waals surface area (Å²) in [6.07, 6.45) is 8.08. The van der Waals surface area contributed by atoms with Gasteiger partial charge in [0.15, 0.2) is 0 Å². The van der Waals surface area contributed by atoms with E-state index in [0.29, 0.717) is 46.2 Å². The molecule has 1 N–H and O–H groups in total. The predicted molar refractivity (Wildman–Crippen MR) is 153 cm³/mol. The molecule has 0 radical (unpaired) electrons. The Kier molecular flexibility index (Phi) is 33.6. The number of hydrogen-bond donors (Lipinski definition) is 1. The first-order chi connectivity index (χ1) is 18.3. The molecule has 1 rings (SSSR count). The summed E-state index contributed by atoms with van der Waals surface area (Å²) < 4.78 is 21.7. The third-order valence-electron chi connectivity index (χ3n) is 5.59. The summed E-state index contributed by atoms with van der Waals surface area (Å²) in [6, 6.07) is 0. The smallest absolute Gasteiger partial charge is 0.207 e. The fourth-order valence-electron chi connectivity index (χ4n) is 3.63. The normalized spacial score (nSPS) is 13.8. The Labute approximate surface area is 228 Å². The van der Waals surface area contributed by atoms with Crippen LogP contribution in [0.2, 0.25) is 0 Å². The zero-order chi connectivity index (χ0) is 27.8. The average Bonchev–Trinajstić information content (AvgIpc) is 2.95. The summed E-state index contributed by atoms with van der Waals surface area (Å²) in [5.74, 6) is 2.41. The van der Waals surface area contributed by atoms with E-state index in [-0.39, 0.29) is 0 Å². The Morgan fingerprint density at radius 3 is 1.78 bits per heavy atom. The zero-order valence-corrected chi connectivity index (χ0v) is 24.7. The van der Waals surface area contributed by atoms with Crippen molar-refractivity contribution in [2.75, 3.05) is 118 Å². The molecule has 37 heavy (non-hydrogen) atoms. The van der Waals surface area contributed by atoms with Gasteiger partial charge < -0.3 is 34.1 Å². The summed E-state index contributed by atoms with van der Waals surface area (Å²) in [5, 5.41) is 2.73. The molecule has 0 atom stereocenters. The van der Waals surface area contributed by atoms with Crippen LogP contribution in [0.25, 0.3) is 0 Å². The van der Waals surface area contributed by atoms with E-state index in [9.17, 15) is 4.79 Å². The minimum absolute atomic E-state index is 0.328. The highest BCUT2D eigenvalue weighted by Gasteiger charge is 2.16. The number of nitrogens with zero attached hydrogens (tertiary/aromatic N) is 3. The van der Waals surface area contributed by atoms with E-state index in [4.69, 9.17) is 25.4 Å². The van der Waals surface area contributed by atoms with Crippen molar-refractivity contribution in [3.63, 3.8) is 0 Å². The fourth-order valence-corrected chi connectivity index (χ4v) is 3.63. The minimum Gasteiger partial charge on any atom is -0.378 e. The van der Waals surface area contributed by atoms with Gasteiger partial charge in [-0.1, -0.05) is 40.5 Å². The molecular formula is C28H58N4O5. The molecule has 220 valence electrons. The first kappa shape index (κ1) is 37.9. The lowest BCUT2D eigenvalue weighted by molar-refractivity contribution is -0.109. The monoisotopic (exact) mass is 530 g/mol. The standard InChI is InChI=1S/C24H46N4O5.2C2H6/c1-3-16-30-18-20-32-22-23-33-21-19-31-17-15-28-13-11-27(12-14-28)10-6-9-26(4-2)8-5-7-25-24-29;2*1-2/h1,24H,4-23H2,2H3,(H,25,29);2*1-2H3. The summed E-state index contributed by atoms with van der Waals surface area (Å²) >= 11 is 0. The summed E-state index contributed by atoms with van der Waals surface area (Å²) in [6.45, 7) is 25.3. The van der Waals surface area contributed by atoms with Gasteiger partial charge in [0.1, 0.15) is 6.61 Å². The van der Waals surface area contributed by atoms with Gasteiger partial charge in [0, 0.05) is 39.3 Å². The summed E-state index contributed by atoms with van der Waals surface area (Å²) in [5.41, 5.74) is 0. The zero-order valence-electron chi connectivity index (χ0n) is 24.7. The van der Waals surface area contributed by atoms with Crippen LogP contribution in [0, 0.1) is 12.3 Å². The Morgan fingerprint density at radius 1 is 0.784 bits per heavy atom. The first-order valence-electron chi connectivity index (χ1n) is 14.4. The maximum absolute atomic E-state index is 10.3. The molecule has 0 spiro atoms. The van der Waals surface area contributed by atoms with Gasteiger partial charge in [0.2, 0.25) is 6.41 Å². The number of amides is 1. The Morgan fingerprint density at radius 2 is 1.27 bits per heavy atom. The van der Waals surface area contributed by atoms with Gasteiger partial charge in [-0.05, 0) is 39.0 Å². The SMILES string of the molecule is C#CCOCCOCCOCCOCCN1CCN(CCCN(CC)CCCNC=O)CC1.CC.CC. The van der Waals surface area contributed by atoms with Crippen molar-refractivity contribution in [2.24, 2.45) is 0 Å². The molecule has 1 amide bonds. The highest BCUT2D eigenvalue weighted by atomic mass is 16.6. The lowest BCUT2D eigenvalue weighted by Gasteiger charge is -2.35. The first-order valence-corrected chi connectivity index (χ1v) is 14.4. The van der Waals surface area contributed by atoms with Crippen LogP contribution in [0.4, 0.5) is 0 Å². The van der Waals surface area contributed by atoms with E-state index in [1.807, 2.05) is 27.7 Å². The molecule has 9 heteroatoms. The second-order valence-electron chi connectivity index (χ2n) is 7.99. The van der Waals surface area contributed by atoms with Crippen molar-refractivity contribution in [1.29, 1.82) is 0 Å². The number of piperazine rings is 1. The van der Waals surface area contributed by atoms with E-state index in [1.54, 1.807) is 0 Å². The second-order valence-corrected chi connectivity index (χ2v) is 7.99. The lowest BCUT2D eigenvalue weighted by Crippen LogP contribution is -2.47. The fraction of sp³-hybridized carbons (Fsp3) is 0.893. The van der Waals surface area contributed by atoms with Gasteiger partial charge in [0.25, 0.3) is 0 Å². The maximum atomic E-state index is 10.3. The number of nitrogens with one attached hydrogen (secondary N) is 1. The molecule has 0 aromatic rings. The van der Waals surface area contributed by atoms with Crippen LogP contribution in [-0.4, -0.2) is 139 Å². The van der Waals surface area contributed by atoms with E-state index < -0.39 is 0 Å². The van der Waals surface area contributed by atoms with Gasteiger partial charge in [-0.3, -0.25) is 9.69 Å². The molecule has 1 aliphatic heterocycles. The van der Waals surface area contributed by atoms with Gasteiger partial charge in [-0.25, -0.2) is 0 Å². The molecule has 0 aliphatic carbocycles. The van der Waals surface area contributed by atoms with Crippen molar-refractivity contribution >= 4 is 6.41 Å². The van der Waals surface area contributed by atoms with Crippen LogP contribution >= 0.6 is 0 Å². The van der Waals surface area contributed by atoms with Crippen LogP contribution < -0.4 is 5.32 Å². The summed E-state index contributed by atoms with van der Waals surface area (Å²) in [7, 11) is 0. The minimum atomic E-state index is 0.328. The van der Waals surface area contributed by atoms with Crippen molar-refractivity contribution in [3.8, 4) is 12.3 Å². The molecule has 0 bridgehead atoms. The predicted octanol–water partition coefficient (Wildman–Crippen LogP) is 2.20. The molecule has 1 saturated heterocycles. The number of rotatable bonds is 23. The number of ether oxygens (including phenoxy) is 4. The number of hydrogen-bond acceptors (Lipinski definition) is 8. The third-order valence-corrected chi connectivity index (χ3v) is 5.59. The topological polar surface area (TPSA) is 75.7 Å². The molecule has 9 nitrogen and oxygen atoms in total. The van der Waals surface area contributed by atoms with Crippen LogP contribution in [0.3, 0.4) is 0 Å². The molecule has 0 unspecified atom stereocenters. The van der Waals surface area contributed by atoms with Crippen molar-refractivity contribution in [1.82, 2.24) is 20.0 Å². The largest absolute Gasteiger partial charge is 0.378 e. The maximum Gasteiger partial charge on any atom is 0.207 e. The Balaban J connectivity index is 0. The van der Waals surface area contributed by atoms with E-state index in [1.165, 1.54) is 6.42 Å². The van der Waals surface area contributed by atoms with Gasteiger partial charge in [0.05, 0.1) is 46.2 Å². The van der Waals surface area contributed by atoms with Crippen LogP contribution in [0.15, 0.2) is 0 Å². The molecule has 0 aromatic carbocycles. The quantitative estimate of drug-likeness (QED) is 0.122. The molecule has 1 aliphatic rings. The van der Waals surface area contributed by atoms with Gasteiger partial charge >= 0.3 is 0 Å². The highest BCUT2D eigenvalue weighted by Crippen LogP contribution is 2.03. The highest BCUT2D eigenvalue weighted by molar-refractivity contribution is 5.45. The Bertz CT molecular complexity index is 486. The number of carbonyl (C=O) groups excluding carboxylic acids is 1. The van der Waals surface area contributed by atoms with Crippen LogP contribution in [0.1, 0.15) is 47.5 Å². The van der Waals surface area contributed by atoms with E-state index in [2.05, 4.69) is 32.9 Å². The van der Waals surface area contributed by atoms with Gasteiger partial charge in [-0.15, -0.1) is 6.42 Å². The van der Waals surface area contributed by atoms with Gasteiger partial charge in [-0.2, -0.15) is 0 Å². The lowest BCUT2D eigenvalue weighted by atomic mass is 10.2. The van der Waals surface area contributed by atoms with Crippen LogP contribution in [0.5, 0.6) is 0 Å². The molecule has 0 saturated carbocycles. The summed E-state index contributed by atoms with van der Waals surface area (Å²) in [4.78, 5) is 17.8. The van der Waals surface area contributed by atoms with Crippen molar-refractivity contribution < 1.29 is 23.7 Å². The molecular weight excluding hydrogens is 472 g/mol. The number of terminal acetylenes is 1. The second kappa shape index (κ2) is 32.8. The number of carbonyl (C=O) groups is 1. The molecule has 1 fully saturated rings.